The number of carboxylic acid groups (broad SMARTS) is 1. The van der Waals surface area contributed by atoms with Crippen molar-refractivity contribution in [2.45, 2.75) is 38.7 Å². The van der Waals surface area contributed by atoms with Crippen molar-refractivity contribution in [1.82, 2.24) is 4.98 Å². The first-order chi connectivity index (χ1) is 8.16. The molecule has 4 heteroatoms. The van der Waals surface area contributed by atoms with Crippen LogP contribution in [0.3, 0.4) is 0 Å². The molecule has 0 aromatic carbocycles. The minimum atomic E-state index is -0.989. The molecule has 2 rings (SSSR count). The van der Waals surface area contributed by atoms with Crippen LogP contribution in [0.5, 0.6) is 5.88 Å². The molecule has 4 nitrogen and oxygen atoms in total. The third-order valence-electron chi connectivity index (χ3n) is 3.17. The van der Waals surface area contributed by atoms with Gasteiger partial charge in [0.1, 0.15) is 11.7 Å². The van der Waals surface area contributed by atoms with E-state index in [1.165, 1.54) is 12.5 Å². The lowest BCUT2D eigenvalue weighted by molar-refractivity contribution is 0.0680. The molecule has 92 valence electrons. The van der Waals surface area contributed by atoms with Gasteiger partial charge in [-0.1, -0.05) is 13.3 Å². The van der Waals surface area contributed by atoms with Gasteiger partial charge in [-0.3, -0.25) is 0 Å². The second-order valence-electron chi connectivity index (χ2n) is 4.67. The van der Waals surface area contributed by atoms with Gasteiger partial charge in [0, 0.05) is 6.20 Å². The van der Waals surface area contributed by atoms with Crippen LogP contribution in [0.4, 0.5) is 0 Å². The number of ether oxygens (including phenoxy) is 1. The van der Waals surface area contributed by atoms with Crippen LogP contribution in [0.2, 0.25) is 0 Å². The summed E-state index contributed by atoms with van der Waals surface area (Å²) in [4.78, 5) is 15.0. The predicted molar refractivity (Wildman–Crippen MR) is 63.2 cm³/mol. The average molecular weight is 235 g/mol. The summed E-state index contributed by atoms with van der Waals surface area (Å²) in [6.45, 7) is 2.20. The SMILES string of the molecule is CC1CCCC(Oc2ncccc2C(=O)O)C1. The highest BCUT2D eigenvalue weighted by Crippen LogP contribution is 2.27. The van der Waals surface area contributed by atoms with Crippen molar-refractivity contribution >= 4 is 5.97 Å². The topological polar surface area (TPSA) is 59.4 Å². The molecular formula is C13H17NO3. The van der Waals surface area contributed by atoms with Crippen molar-refractivity contribution in [2.75, 3.05) is 0 Å². The van der Waals surface area contributed by atoms with Gasteiger partial charge in [-0.05, 0) is 37.3 Å². The molecule has 1 aromatic heterocycles. The van der Waals surface area contributed by atoms with Crippen LogP contribution in [-0.2, 0) is 0 Å². The second kappa shape index (κ2) is 5.17. The summed E-state index contributed by atoms with van der Waals surface area (Å²) in [7, 11) is 0. The first-order valence-corrected chi connectivity index (χ1v) is 6.02. The second-order valence-corrected chi connectivity index (χ2v) is 4.67. The fourth-order valence-corrected chi connectivity index (χ4v) is 2.29. The summed E-state index contributed by atoms with van der Waals surface area (Å²) in [5.41, 5.74) is 0.144. The molecule has 1 aliphatic rings. The first kappa shape index (κ1) is 11.9. The van der Waals surface area contributed by atoms with Gasteiger partial charge in [-0.25, -0.2) is 9.78 Å². The normalized spacial score (nSPS) is 24.3. The van der Waals surface area contributed by atoms with Crippen LogP contribution < -0.4 is 4.74 Å². The molecule has 2 atom stereocenters. The van der Waals surface area contributed by atoms with Crippen LogP contribution in [-0.4, -0.2) is 22.2 Å². The minimum absolute atomic E-state index is 0.103. The third-order valence-corrected chi connectivity index (χ3v) is 3.17. The first-order valence-electron chi connectivity index (χ1n) is 6.02. The monoisotopic (exact) mass is 235 g/mol. The largest absolute Gasteiger partial charge is 0.477 e. The Morgan fingerprint density at radius 1 is 1.53 bits per heavy atom. The van der Waals surface area contributed by atoms with Crippen LogP contribution in [0.25, 0.3) is 0 Å². The van der Waals surface area contributed by atoms with Crippen molar-refractivity contribution in [1.29, 1.82) is 0 Å². The Labute approximate surface area is 101 Å². The van der Waals surface area contributed by atoms with Crippen molar-refractivity contribution in [3.05, 3.63) is 23.9 Å². The molecule has 1 saturated carbocycles. The van der Waals surface area contributed by atoms with E-state index in [4.69, 9.17) is 9.84 Å². The maximum atomic E-state index is 11.0. The van der Waals surface area contributed by atoms with Crippen molar-refractivity contribution in [3.63, 3.8) is 0 Å². The molecule has 0 bridgehead atoms. The van der Waals surface area contributed by atoms with E-state index in [9.17, 15) is 4.79 Å². The van der Waals surface area contributed by atoms with Gasteiger partial charge in [-0.15, -0.1) is 0 Å². The molecule has 1 aromatic rings. The van der Waals surface area contributed by atoms with Gasteiger partial charge in [0.05, 0.1) is 0 Å². The minimum Gasteiger partial charge on any atom is -0.477 e. The van der Waals surface area contributed by atoms with Crippen molar-refractivity contribution in [2.24, 2.45) is 5.92 Å². The molecule has 1 aliphatic carbocycles. The summed E-state index contributed by atoms with van der Waals surface area (Å²) in [6, 6.07) is 3.14. The number of pyridine rings is 1. The van der Waals surface area contributed by atoms with Gasteiger partial charge < -0.3 is 9.84 Å². The summed E-state index contributed by atoms with van der Waals surface area (Å²) in [6.07, 6.45) is 6.00. The van der Waals surface area contributed by atoms with Gasteiger partial charge in [0.2, 0.25) is 5.88 Å². The molecule has 0 spiro atoms. The number of hydrogen-bond donors (Lipinski definition) is 1. The molecule has 1 heterocycles. The number of carbonyl (C=O) groups is 1. The smallest absolute Gasteiger partial charge is 0.341 e. The highest BCUT2D eigenvalue weighted by molar-refractivity contribution is 5.90. The molecule has 0 radical (unpaired) electrons. The van der Waals surface area contributed by atoms with Crippen LogP contribution in [0.1, 0.15) is 43.0 Å². The van der Waals surface area contributed by atoms with Gasteiger partial charge in [0.15, 0.2) is 0 Å². The fraction of sp³-hybridized carbons (Fsp3) is 0.538. The Morgan fingerprint density at radius 2 is 2.35 bits per heavy atom. The summed E-state index contributed by atoms with van der Waals surface area (Å²) >= 11 is 0. The zero-order chi connectivity index (χ0) is 12.3. The van der Waals surface area contributed by atoms with E-state index in [2.05, 4.69) is 11.9 Å². The molecule has 1 fully saturated rings. The molecule has 1 N–H and O–H groups in total. The lowest BCUT2D eigenvalue weighted by atomic mass is 9.89. The molecule has 17 heavy (non-hydrogen) atoms. The van der Waals surface area contributed by atoms with Crippen molar-refractivity contribution in [3.8, 4) is 5.88 Å². The third kappa shape index (κ3) is 2.96. The molecular weight excluding hydrogens is 218 g/mol. The van der Waals surface area contributed by atoms with E-state index >= 15 is 0 Å². The summed E-state index contributed by atoms with van der Waals surface area (Å²) < 4.78 is 5.73. The molecule has 0 saturated heterocycles. The van der Waals surface area contributed by atoms with Crippen LogP contribution in [0.15, 0.2) is 18.3 Å². The van der Waals surface area contributed by atoms with Gasteiger partial charge in [-0.2, -0.15) is 0 Å². The lowest BCUT2D eigenvalue weighted by Gasteiger charge is -2.27. The van der Waals surface area contributed by atoms with Crippen molar-refractivity contribution < 1.29 is 14.6 Å². The van der Waals surface area contributed by atoms with E-state index in [1.54, 1.807) is 12.3 Å². The van der Waals surface area contributed by atoms with E-state index in [-0.39, 0.29) is 17.5 Å². The number of nitrogens with zero attached hydrogens (tertiary/aromatic N) is 1. The average Bonchev–Trinajstić information content (AvgIpc) is 2.29. The Morgan fingerprint density at radius 3 is 3.06 bits per heavy atom. The Hall–Kier alpha value is -1.58. The maximum absolute atomic E-state index is 11.0. The van der Waals surface area contributed by atoms with E-state index < -0.39 is 5.97 Å². The fourth-order valence-electron chi connectivity index (χ4n) is 2.29. The number of aromatic carboxylic acids is 1. The summed E-state index contributed by atoms with van der Waals surface area (Å²) in [5.74, 6) is -0.0956. The predicted octanol–water partition coefficient (Wildman–Crippen LogP) is 2.74. The molecule has 2 unspecified atom stereocenters. The van der Waals surface area contributed by atoms with E-state index in [1.807, 2.05) is 0 Å². The Kier molecular flexibility index (Phi) is 3.61. The summed E-state index contributed by atoms with van der Waals surface area (Å²) in [5, 5.41) is 9.03. The number of aromatic nitrogens is 1. The highest BCUT2D eigenvalue weighted by atomic mass is 16.5. The van der Waals surface area contributed by atoms with E-state index in [0.717, 1.165) is 19.3 Å². The quantitative estimate of drug-likeness (QED) is 0.875. The lowest BCUT2D eigenvalue weighted by Crippen LogP contribution is -2.25. The van der Waals surface area contributed by atoms with E-state index in [0.29, 0.717) is 5.92 Å². The maximum Gasteiger partial charge on any atom is 0.341 e. The zero-order valence-corrected chi connectivity index (χ0v) is 9.93. The number of carboxylic acids is 1. The van der Waals surface area contributed by atoms with Gasteiger partial charge in [0.25, 0.3) is 0 Å². The zero-order valence-electron chi connectivity index (χ0n) is 9.93. The van der Waals surface area contributed by atoms with Crippen LogP contribution >= 0.6 is 0 Å². The number of hydrogen-bond acceptors (Lipinski definition) is 3. The standard InChI is InChI=1S/C13H17NO3/c1-9-4-2-5-10(8-9)17-12-11(13(15)16)6-3-7-14-12/h3,6-7,9-10H,2,4-5,8H2,1H3,(H,15,16). The highest BCUT2D eigenvalue weighted by Gasteiger charge is 2.22. The van der Waals surface area contributed by atoms with Crippen LogP contribution in [0, 0.1) is 5.92 Å². The number of rotatable bonds is 3. The molecule has 0 aliphatic heterocycles. The Bertz CT molecular complexity index is 405. The van der Waals surface area contributed by atoms with Gasteiger partial charge >= 0.3 is 5.97 Å². The molecule has 0 amide bonds. The Balaban J connectivity index is 2.10.